The fourth-order valence-electron chi connectivity index (χ4n) is 2.72. The number of carbonyl (C=O) groups is 1. The van der Waals surface area contributed by atoms with Crippen molar-refractivity contribution in [2.45, 2.75) is 11.4 Å². The maximum Gasteiger partial charge on any atom is 0.253 e. The molecule has 9 heteroatoms. The van der Waals surface area contributed by atoms with Gasteiger partial charge in [-0.15, -0.1) is 0 Å². The van der Waals surface area contributed by atoms with Gasteiger partial charge in [0, 0.05) is 45.0 Å². The summed E-state index contributed by atoms with van der Waals surface area (Å²) in [6.45, 7) is 2.61. The van der Waals surface area contributed by atoms with E-state index in [1.165, 1.54) is 16.4 Å². The quantitative estimate of drug-likeness (QED) is 0.795. The number of nitrogens with zero attached hydrogens (tertiary/aromatic N) is 3. The molecular weight excluding hydrogens is 342 g/mol. The van der Waals surface area contributed by atoms with Crippen molar-refractivity contribution in [3.8, 4) is 0 Å². The third kappa shape index (κ3) is 3.89. The summed E-state index contributed by atoms with van der Waals surface area (Å²) in [5.41, 5.74) is 1.27. The third-order valence-electron chi connectivity index (χ3n) is 4.13. The molecule has 2 N–H and O–H groups in total. The normalized spacial score (nSPS) is 15.9. The second-order valence-corrected chi connectivity index (χ2v) is 7.86. The smallest absolute Gasteiger partial charge is 0.253 e. The van der Waals surface area contributed by atoms with Gasteiger partial charge in [-0.1, -0.05) is 0 Å². The van der Waals surface area contributed by atoms with E-state index in [0.717, 1.165) is 5.69 Å². The molecule has 0 aliphatic carbocycles. The lowest BCUT2D eigenvalue weighted by atomic mass is 10.2. The van der Waals surface area contributed by atoms with Gasteiger partial charge in [-0.25, -0.2) is 8.42 Å². The summed E-state index contributed by atoms with van der Waals surface area (Å²) >= 11 is 0. The molecule has 0 bridgehead atoms. The highest BCUT2D eigenvalue weighted by Crippen LogP contribution is 2.18. The van der Waals surface area contributed by atoms with Crippen molar-refractivity contribution < 1.29 is 13.2 Å². The van der Waals surface area contributed by atoms with Crippen molar-refractivity contribution in [1.29, 1.82) is 0 Å². The van der Waals surface area contributed by atoms with Crippen LogP contribution in [0.2, 0.25) is 0 Å². The molecule has 1 aliphatic rings. The molecule has 2 aromatic rings. The van der Waals surface area contributed by atoms with Gasteiger partial charge < -0.3 is 10.2 Å². The van der Waals surface area contributed by atoms with Gasteiger partial charge in [0.25, 0.3) is 5.91 Å². The summed E-state index contributed by atoms with van der Waals surface area (Å²) in [5.74, 6) is -0.180. The molecule has 1 saturated heterocycles. The van der Waals surface area contributed by atoms with E-state index in [9.17, 15) is 13.2 Å². The second-order valence-electron chi connectivity index (χ2n) is 5.92. The molecule has 2 heterocycles. The van der Waals surface area contributed by atoms with Crippen LogP contribution in [-0.2, 0) is 16.6 Å². The van der Waals surface area contributed by atoms with Gasteiger partial charge in [-0.3, -0.25) is 9.89 Å². The van der Waals surface area contributed by atoms with Crippen LogP contribution in [0.15, 0.2) is 41.4 Å². The first kappa shape index (κ1) is 17.6. The van der Waals surface area contributed by atoms with Gasteiger partial charge in [0.15, 0.2) is 0 Å². The molecule has 1 fully saturated rings. The largest absolute Gasteiger partial charge is 0.336 e. The predicted molar refractivity (Wildman–Crippen MR) is 92.5 cm³/mol. The second kappa shape index (κ2) is 7.34. The first-order chi connectivity index (χ1) is 12.0. The molecule has 1 aromatic carbocycles. The van der Waals surface area contributed by atoms with E-state index in [1.807, 2.05) is 0 Å². The Morgan fingerprint density at radius 2 is 1.88 bits per heavy atom. The molecule has 3 rings (SSSR count). The van der Waals surface area contributed by atoms with Gasteiger partial charge in [0.2, 0.25) is 10.0 Å². The van der Waals surface area contributed by atoms with Crippen LogP contribution in [0, 0.1) is 0 Å². The Kier molecular flexibility index (Phi) is 5.16. The zero-order valence-corrected chi connectivity index (χ0v) is 14.8. The van der Waals surface area contributed by atoms with Crippen molar-refractivity contribution in [2.24, 2.45) is 0 Å². The molecule has 1 aliphatic heterocycles. The zero-order valence-electron chi connectivity index (χ0n) is 14.0. The SMILES string of the molecule is CN(Cc1ccn[nH]1)C(=O)c1ccc(S(=O)(=O)N2CCNCC2)cc1. The Labute approximate surface area is 146 Å². The lowest BCUT2D eigenvalue weighted by Gasteiger charge is -2.26. The number of piperazine rings is 1. The minimum Gasteiger partial charge on any atom is -0.336 e. The number of aromatic nitrogens is 2. The Morgan fingerprint density at radius 1 is 1.20 bits per heavy atom. The van der Waals surface area contributed by atoms with Gasteiger partial charge in [-0.2, -0.15) is 9.40 Å². The number of sulfonamides is 1. The van der Waals surface area contributed by atoms with Crippen molar-refractivity contribution in [2.75, 3.05) is 33.2 Å². The molecule has 1 aromatic heterocycles. The molecular formula is C16H21N5O3S. The topological polar surface area (TPSA) is 98.4 Å². The maximum absolute atomic E-state index is 12.6. The molecule has 134 valence electrons. The average Bonchev–Trinajstić information content (AvgIpc) is 3.15. The number of benzene rings is 1. The highest BCUT2D eigenvalue weighted by molar-refractivity contribution is 7.89. The zero-order chi connectivity index (χ0) is 17.9. The predicted octanol–water partition coefficient (Wildman–Crippen LogP) is 0.276. The number of hydrogen-bond acceptors (Lipinski definition) is 5. The van der Waals surface area contributed by atoms with Gasteiger partial charge in [0.05, 0.1) is 17.1 Å². The molecule has 8 nitrogen and oxygen atoms in total. The Morgan fingerprint density at radius 3 is 2.48 bits per heavy atom. The van der Waals surface area contributed by atoms with E-state index in [4.69, 9.17) is 0 Å². The molecule has 1 amide bonds. The highest BCUT2D eigenvalue weighted by Gasteiger charge is 2.26. The summed E-state index contributed by atoms with van der Waals surface area (Å²) in [6, 6.07) is 7.90. The number of hydrogen-bond donors (Lipinski definition) is 2. The van der Waals surface area contributed by atoms with Crippen LogP contribution in [0.3, 0.4) is 0 Å². The molecule has 0 atom stereocenters. The van der Waals surface area contributed by atoms with E-state index in [1.54, 1.807) is 36.3 Å². The van der Waals surface area contributed by atoms with Crippen LogP contribution >= 0.6 is 0 Å². The average molecular weight is 363 g/mol. The molecule has 0 saturated carbocycles. The minimum atomic E-state index is -3.51. The fourth-order valence-corrected chi connectivity index (χ4v) is 4.17. The Bertz CT molecular complexity index is 812. The van der Waals surface area contributed by atoms with Gasteiger partial charge in [0.1, 0.15) is 0 Å². The van der Waals surface area contributed by atoms with Gasteiger partial charge >= 0.3 is 0 Å². The first-order valence-corrected chi connectivity index (χ1v) is 9.47. The van der Waals surface area contributed by atoms with Crippen LogP contribution in [0.25, 0.3) is 0 Å². The van der Waals surface area contributed by atoms with E-state index in [2.05, 4.69) is 15.5 Å². The number of amides is 1. The van der Waals surface area contributed by atoms with E-state index >= 15 is 0 Å². The molecule has 25 heavy (non-hydrogen) atoms. The summed E-state index contributed by atoms with van der Waals surface area (Å²) < 4.78 is 26.7. The minimum absolute atomic E-state index is 0.180. The Hall–Kier alpha value is -2.23. The summed E-state index contributed by atoms with van der Waals surface area (Å²) in [4.78, 5) is 14.2. The summed E-state index contributed by atoms with van der Waals surface area (Å²) in [6.07, 6.45) is 1.63. The Balaban J connectivity index is 1.72. The third-order valence-corrected chi connectivity index (χ3v) is 6.04. The summed E-state index contributed by atoms with van der Waals surface area (Å²) in [5, 5.41) is 9.79. The number of aromatic amines is 1. The summed E-state index contributed by atoms with van der Waals surface area (Å²) in [7, 11) is -1.82. The number of rotatable bonds is 5. The van der Waals surface area contributed by atoms with Crippen molar-refractivity contribution >= 4 is 15.9 Å². The lowest BCUT2D eigenvalue weighted by molar-refractivity contribution is 0.0783. The van der Waals surface area contributed by atoms with E-state index < -0.39 is 10.0 Å². The van der Waals surface area contributed by atoms with Crippen molar-refractivity contribution in [1.82, 2.24) is 24.7 Å². The van der Waals surface area contributed by atoms with E-state index in [0.29, 0.717) is 38.3 Å². The van der Waals surface area contributed by atoms with Crippen LogP contribution < -0.4 is 5.32 Å². The molecule has 0 unspecified atom stereocenters. The van der Waals surface area contributed by atoms with Crippen molar-refractivity contribution in [3.63, 3.8) is 0 Å². The highest BCUT2D eigenvalue weighted by atomic mass is 32.2. The van der Waals surface area contributed by atoms with Crippen LogP contribution in [0.1, 0.15) is 16.1 Å². The van der Waals surface area contributed by atoms with Crippen LogP contribution in [-0.4, -0.2) is 67.0 Å². The van der Waals surface area contributed by atoms with Crippen molar-refractivity contribution in [3.05, 3.63) is 47.8 Å². The number of H-pyrrole nitrogens is 1. The molecule has 0 radical (unpaired) electrons. The monoisotopic (exact) mass is 363 g/mol. The van der Waals surface area contributed by atoms with E-state index in [-0.39, 0.29) is 10.8 Å². The van der Waals surface area contributed by atoms with Crippen LogP contribution in [0.4, 0.5) is 0 Å². The number of nitrogens with one attached hydrogen (secondary N) is 2. The maximum atomic E-state index is 12.6. The standard InChI is InChI=1S/C16H21N5O3S/c1-20(12-14-6-7-18-19-14)16(22)13-2-4-15(5-3-13)25(23,24)21-10-8-17-9-11-21/h2-7,17H,8-12H2,1H3,(H,18,19). The number of carbonyl (C=O) groups excluding carboxylic acids is 1. The molecule has 0 spiro atoms. The van der Waals surface area contributed by atoms with Gasteiger partial charge in [-0.05, 0) is 30.3 Å². The lowest BCUT2D eigenvalue weighted by Crippen LogP contribution is -2.46. The first-order valence-electron chi connectivity index (χ1n) is 8.03. The fraction of sp³-hybridized carbons (Fsp3) is 0.375. The van der Waals surface area contributed by atoms with Crippen LogP contribution in [0.5, 0.6) is 0 Å².